The molecule has 2 aromatic rings. The molecule has 0 aliphatic rings. The van der Waals surface area contributed by atoms with Crippen LogP contribution >= 0.6 is 0 Å². The first-order valence-electron chi connectivity index (χ1n) is 6.83. The number of benzene rings is 1. The third-order valence-corrected chi connectivity index (χ3v) is 3.33. The van der Waals surface area contributed by atoms with Gasteiger partial charge in [0, 0.05) is 12.6 Å². The average Bonchev–Trinajstić information content (AvgIpc) is 2.83. The van der Waals surface area contributed by atoms with E-state index < -0.39 is 17.7 Å². The molecule has 114 valence electrons. The third kappa shape index (κ3) is 3.05. The van der Waals surface area contributed by atoms with Gasteiger partial charge in [0.1, 0.15) is 17.3 Å². The quantitative estimate of drug-likeness (QED) is 0.890. The lowest BCUT2D eigenvalue weighted by molar-refractivity contribution is 0.396. The van der Waals surface area contributed by atoms with Gasteiger partial charge in [-0.2, -0.15) is 5.10 Å². The monoisotopic (exact) mass is 295 g/mol. The van der Waals surface area contributed by atoms with Crippen molar-refractivity contribution in [2.75, 3.05) is 13.7 Å². The molecule has 0 spiro atoms. The molecule has 6 heteroatoms. The molecule has 0 bridgehead atoms. The Labute approximate surface area is 122 Å². The van der Waals surface area contributed by atoms with Crippen molar-refractivity contribution in [1.82, 2.24) is 15.1 Å². The normalized spacial score (nSPS) is 12.4. The van der Waals surface area contributed by atoms with Gasteiger partial charge in [0.25, 0.3) is 0 Å². The zero-order valence-corrected chi connectivity index (χ0v) is 12.4. The van der Waals surface area contributed by atoms with E-state index in [4.69, 9.17) is 4.74 Å². The van der Waals surface area contributed by atoms with Crippen molar-refractivity contribution in [3.05, 3.63) is 47.3 Å². The van der Waals surface area contributed by atoms with Gasteiger partial charge in [-0.05, 0) is 25.1 Å². The van der Waals surface area contributed by atoms with Crippen LogP contribution in [0.15, 0.2) is 24.4 Å². The van der Waals surface area contributed by atoms with Crippen LogP contribution in [0.25, 0.3) is 0 Å². The fourth-order valence-corrected chi connectivity index (χ4v) is 2.32. The molecule has 2 rings (SSSR count). The summed E-state index contributed by atoms with van der Waals surface area (Å²) in [6.07, 6.45) is 2.38. The number of aryl methyl sites for hydroxylation is 1. The number of hydrogen-bond donors (Lipinski definition) is 1. The molecule has 1 unspecified atom stereocenters. The second kappa shape index (κ2) is 6.67. The van der Waals surface area contributed by atoms with Gasteiger partial charge in [0.2, 0.25) is 0 Å². The lowest BCUT2D eigenvalue weighted by Gasteiger charge is -2.21. The summed E-state index contributed by atoms with van der Waals surface area (Å²) in [6, 6.07) is 3.20. The van der Waals surface area contributed by atoms with Crippen LogP contribution in [-0.2, 0) is 7.05 Å². The van der Waals surface area contributed by atoms with Crippen LogP contribution in [0.1, 0.15) is 30.6 Å². The molecule has 0 aliphatic heterocycles. The maximum absolute atomic E-state index is 14.1. The summed E-state index contributed by atoms with van der Waals surface area (Å²) < 4.78 is 35.1. The van der Waals surface area contributed by atoms with Gasteiger partial charge in [0.15, 0.2) is 5.75 Å². The predicted octanol–water partition coefficient (Wildman–Crippen LogP) is 2.80. The Bertz CT molecular complexity index is 593. The lowest BCUT2D eigenvalue weighted by Crippen LogP contribution is -2.27. The minimum Gasteiger partial charge on any atom is -0.493 e. The molecular weight excluding hydrogens is 276 g/mol. The van der Waals surface area contributed by atoms with E-state index in [1.54, 1.807) is 11.7 Å². The zero-order valence-electron chi connectivity index (χ0n) is 12.4. The molecule has 21 heavy (non-hydrogen) atoms. The van der Waals surface area contributed by atoms with Gasteiger partial charge in [-0.3, -0.25) is 4.68 Å². The highest BCUT2D eigenvalue weighted by Gasteiger charge is 2.27. The SMILES string of the molecule is CCCNC(c1c(F)cccc1F)c1c(OC)cnn1C. The predicted molar refractivity (Wildman–Crippen MR) is 76.3 cm³/mol. The highest BCUT2D eigenvalue weighted by atomic mass is 19.1. The fourth-order valence-electron chi connectivity index (χ4n) is 2.32. The smallest absolute Gasteiger partial charge is 0.161 e. The van der Waals surface area contributed by atoms with Crippen LogP contribution in [0.3, 0.4) is 0 Å². The van der Waals surface area contributed by atoms with E-state index in [9.17, 15) is 8.78 Å². The molecule has 0 radical (unpaired) electrons. The summed E-state index contributed by atoms with van der Waals surface area (Å²) in [5.41, 5.74) is 0.572. The molecule has 1 aromatic heterocycles. The van der Waals surface area contributed by atoms with E-state index in [-0.39, 0.29) is 5.56 Å². The Hall–Kier alpha value is -1.95. The number of halogens is 2. The largest absolute Gasteiger partial charge is 0.493 e. The molecule has 1 heterocycles. The molecule has 0 saturated heterocycles. The Balaban J connectivity index is 2.55. The molecule has 0 amide bonds. The van der Waals surface area contributed by atoms with Gasteiger partial charge >= 0.3 is 0 Å². The van der Waals surface area contributed by atoms with Crippen molar-refractivity contribution in [1.29, 1.82) is 0 Å². The molecule has 1 aromatic carbocycles. The first kappa shape index (κ1) is 15.4. The maximum atomic E-state index is 14.1. The first-order valence-corrected chi connectivity index (χ1v) is 6.83. The average molecular weight is 295 g/mol. The van der Waals surface area contributed by atoms with E-state index in [1.165, 1.54) is 31.5 Å². The van der Waals surface area contributed by atoms with Crippen LogP contribution in [-0.4, -0.2) is 23.4 Å². The highest BCUT2D eigenvalue weighted by molar-refractivity contribution is 5.37. The second-order valence-electron chi connectivity index (χ2n) is 4.74. The minimum atomic E-state index is -0.659. The second-order valence-corrected chi connectivity index (χ2v) is 4.74. The number of nitrogens with one attached hydrogen (secondary N) is 1. The molecule has 1 N–H and O–H groups in total. The Morgan fingerprint density at radius 2 is 2.00 bits per heavy atom. The van der Waals surface area contributed by atoms with Gasteiger partial charge < -0.3 is 10.1 Å². The van der Waals surface area contributed by atoms with Crippen molar-refractivity contribution in [3.63, 3.8) is 0 Å². The van der Waals surface area contributed by atoms with Crippen LogP contribution in [0.4, 0.5) is 8.78 Å². The van der Waals surface area contributed by atoms with Crippen LogP contribution in [0.5, 0.6) is 5.75 Å². The van der Waals surface area contributed by atoms with Crippen molar-refractivity contribution in [2.24, 2.45) is 7.05 Å². The van der Waals surface area contributed by atoms with Crippen LogP contribution < -0.4 is 10.1 Å². The molecule has 0 aliphatic carbocycles. The van der Waals surface area contributed by atoms with Crippen molar-refractivity contribution >= 4 is 0 Å². The molecule has 0 saturated carbocycles. The lowest BCUT2D eigenvalue weighted by atomic mass is 10.0. The van der Waals surface area contributed by atoms with Crippen LogP contribution in [0, 0.1) is 11.6 Å². The summed E-state index contributed by atoms with van der Waals surface area (Å²) >= 11 is 0. The summed E-state index contributed by atoms with van der Waals surface area (Å²) in [7, 11) is 3.23. The topological polar surface area (TPSA) is 39.1 Å². The summed E-state index contributed by atoms with van der Waals surface area (Å²) in [4.78, 5) is 0. The molecule has 1 atom stereocenters. The summed E-state index contributed by atoms with van der Waals surface area (Å²) in [6.45, 7) is 2.61. The van der Waals surface area contributed by atoms with E-state index in [2.05, 4.69) is 10.4 Å². The fraction of sp³-hybridized carbons (Fsp3) is 0.400. The Kier molecular flexibility index (Phi) is 4.90. The molecule has 4 nitrogen and oxygen atoms in total. The van der Waals surface area contributed by atoms with Gasteiger partial charge in [-0.25, -0.2) is 8.78 Å². The van der Waals surface area contributed by atoms with E-state index >= 15 is 0 Å². The zero-order chi connectivity index (χ0) is 15.4. The number of nitrogens with zero attached hydrogens (tertiary/aromatic N) is 2. The Morgan fingerprint density at radius 1 is 1.33 bits per heavy atom. The number of ether oxygens (including phenoxy) is 1. The summed E-state index contributed by atoms with van der Waals surface area (Å²) in [5.74, 6) is -0.688. The van der Waals surface area contributed by atoms with Gasteiger partial charge in [0.05, 0.1) is 19.3 Å². The van der Waals surface area contributed by atoms with Crippen molar-refractivity contribution < 1.29 is 13.5 Å². The van der Waals surface area contributed by atoms with Crippen molar-refractivity contribution in [2.45, 2.75) is 19.4 Å². The number of aromatic nitrogens is 2. The van der Waals surface area contributed by atoms with E-state index in [0.29, 0.717) is 18.0 Å². The number of methoxy groups -OCH3 is 1. The molecule has 0 fully saturated rings. The third-order valence-electron chi connectivity index (χ3n) is 3.33. The van der Waals surface area contributed by atoms with Crippen molar-refractivity contribution in [3.8, 4) is 5.75 Å². The van der Waals surface area contributed by atoms with E-state index in [1.807, 2.05) is 6.92 Å². The van der Waals surface area contributed by atoms with Gasteiger partial charge in [-0.15, -0.1) is 0 Å². The molecular formula is C15H19F2N3O. The minimum absolute atomic E-state index is 0.0205. The number of rotatable bonds is 6. The summed E-state index contributed by atoms with van der Waals surface area (Å²) in [5, 5.41) is 7.27. The standard InChI is InChI=1S/C15H19F2N3O/c1-4-8-18-14(13-10(16)6-5-7-11(13)17)15-12(21-3)9-19-20(15)2/h5-7,9,14,18H,4,8H2,1-3H3. The highest BCUT2D eigenvalue weighted by Crippen LogP contribution is 2.32. The van der Waals surface area contributed by atoms with E-state index in [0.717, 1.165) is 6.42 Å². The first-order chi connectivity index (χ1) is 10.1. The van der Waals surface area contributed by atoms with Gasteiger partial charge in [-0.1, -0.05) is 13.0 Å². The maximum Gasteiger partial charge on any atom is 0.161 e. The van der Waals surface area contributed by atoms with Crippen LogP contribution in [0.2, 0.25) is 0 Å². The number of hydrogen-bond acceptors (Lipinski definition) is 3. The Morgan fingerprint density at radius 3 is 2.57 bits per heavy atom.